The number of benzene rings is 4. The van der Waals surface area contributed by atoms with Gasteiger partial charge in [-0.05, 0) is 111 Å². The second-order valence-corrected chi connectivity index (χ2v) is 14.0. The van der Waals surface area contributed by atoms with Crippen LogP contribution in [0.2, 0.25) is 5.02 Å². The van der Waals surface area contributed by atoms with Gasteiger partial charge in [-0.15, -0.1) is 0 Å². The summed E-state index contributed by atoms with van der Waals surface area (Å²) < 4.78 is 29.4. The Morgan fingerprint density at radius 2 is 1.74 bits per heavy atom. The van der Waals surface area contributed by atoms with Crippen LogP contribution in [0.25, 0.3) is 11.8 Å². The van der Waals surface area contributed by atoms with Crippen molar-refractivity contribution in [1.29, 1.82) is 0 Å². The maximum absolute atomic E-state index is 14.2. The third-order valence-corrected chi connectivity index (χ3v) is 9.97. The van der Waals surface area contributed by atoms with E-state index in [1.807, 2.05) is 72.8 Å². The summed E-state index contributed by atoms with van der Waals surface area (Å²) in [4.78, 5) is 33.0. The van der Waals surface area contributed by atoms with Gasteiger partial charge in [-0.1, -0.05) is 77.5 Å². The zero-order chi connectivity index (χ0) is 32.4. The van der Waals surface area contributed by atoms with Crippen molar-refractivity contribution in [2.75, 3.05) is 6.61 Å². The van der Waals surface area contributed by atoms with Gasteiger partial charge in [0, 0.05) is 10.6 Å². The minimum atomic E-state index is -0.879. The van der Waals surface area contributed by atoms with Crippen LogP contribution >= 0.6 is 68.1 Å². The topological polar surface area (TPSA) is 69.9 Å². The highest BCUT2D eigenvalue weighted by Crippen LogP contribution is 2.35. The molecule has 2 heterocycles. The number of aromatic nitrogens is 1. The molecule has 1 atom stereocenters. The fourth-order valence-electron chi connectivity index (χ4n) is 5.14. The summed E-state index contributed by atoms with van der Waals surface area (Å²) in [5, 5.41) is 0.647. The molecule has 0 amide bonds. The van der Waals surface area contributed by atoms with Gasteiger partial charge in [0.15, 0.2) is 4.80 Å². The van der Waals surface area contributed by atoms with Crippen LogP contribution in [-0.4, -0.2) is 17.1 Å². The lowest BCUT2D eigenvalue weighted by Gasteiger charge is -2.25. The molecule has 0 saturated carbocycles. The molecule has 6 nitrogen and oxygen atoms in total. The van der Waals surface area contributed by atoms with Gasteiger partial charge in [0.05, 0.1) is 35.6 Å². The summed E-state index contributed by atoms with van der Waals surface area (Å²) in [6.07, 6.45) is 1.81. The molecule has 4 aromatic carbocycles. The van der Waals surface area contributed by atoms with E-state index in [9.17, 15) is 14.0 Å². The van der Waals surface area contributed by atoms with Crippen molar-refractivity contribution in [3.05, 3.63) is 156 Å². The molecule has 6 rings (SSSR count). The monoisotopic (exact) mass is 876 g/mol. The summed E-state index contributed by atoms with van der Waals surface area (Å²) >= 11 is 11.8. The van der Waals surface area contributed by atoms with E-state index in [4.69, 9.17) is 26.1 Å². The van der Waals surface area contributed by atoms with Crippen molar-refractivity contribution in [2.45, 2.75) is 19.6 Å². The second-order valence-electron chi connectivity index (χ2n) is 10.2. The molecular weight excluding hydrogens is 853 g/mol. The van der Waals surface area contributed by atoms with Gasteiger partial charge in [-0.2, -0.15) is 0 Å². The van der Waals surface area contributed by atoms with Gasteiger partial charge in [0.1, 0.15) is 18.2 Å². The predicted molar refractivity (Wildman–Crippen MR) is 195 cm³/mol. The lowest BCUT2D eigenvalue weighted by atomic mass is 9.93. The van der Waals surface area contributed by atoms with Crippen molar-refractivity contribution in [3.8, 4) is 5.75 Å². The number of carbonyl (C=O) groups is 1. The zero-order valence-electron chi connectivity index (χ0n) is 24.2. The number of esters is 1. The molecule has 0 saturated heterocycles. The molecule has 0 spiro atoms. The third kappa shape index (κ3) is 6.85. The number of hydrogen-bond acceptors (Lipinski definition) is 6. The Labute approximate surface area is 300 Å². The first-order chi connectivity index (χ1) is 22.2. The summed E-state index contributed by atoms with van der Waals surface area (Å²) in [5.41, 5.74) is 3.32. The highest BCUT2D eigenvalue weighted by atomic mass is 127. The lowest BCUT2D eigenvalue weighted by molar-refractivity contribution is -0.138. The number of rotatable bonds is 8. The highest BCUT2D eigenvalue weighted by Gasteiger charge is 2.35. The molecular formula is C35H24ClFI2N2O4S. The molecule has 5 aromatic rings. The van der Waals surface area contributed by atoms with Crippen LogP contribution in [0, 0.1) is 13.0 Å². The van der Waals surface area contributed by atoms with E-state index in [2.05, 4.69) is 45.2 Å². The van der Waals surface area contributed by atoms with E-state index in [1.165, 1.54) is 28.0 Å². The number of hydrogen-bond donors (Lipinski definition) is 0. The first kappa shape index (κ1) is 32.6. The Balaban J connectivity index is 1.47. The standard InChI is InChI=1S/C35H24ClFI2N2O4S/c1-2-44-34(43)29-30(22-8-4-3-5-9-22)40-35-41(31(29)23-11-13-25(37)14-12-23)33(42)28(46-35)18-21-16-26(38)32(27(39)17-21)45-19-20-7-6-10-24(36)15-20/h3-18,31H,2,19H2,1H3/b28-18-/t31-/m1/s1. The fourth-order valence-corrected chi connectivity index (χ4v) is 8.48. The van der Waals surface area contributed by atoms with E-state index in [0.29, 0.717) is 37.8 Å². The van der Waals surface area contributed by atoms with E-state index in [0.717, 1.165) is 24.0 Å². The van der Waals surface area contributed by atoms with Crippen molar-refractivity contribution in [1.82, 2.24) is 4.57 Å². The Bertz CT molecular complexity index is 2140. The van der Waals surface area contributed by atoms with Gasteiger partial charge in [-0.3, -0.25) is 9.36 Å². The maximum atomic E-state index is 14.2. The van der Waals surface area contributed by atoms with Gasteiger partial charge < -0.3 is 9.47 Å². The van der Waals surface area contributed by atoms with Crippen LogP contribution in [0.3, 0.4) is 0 Å². The summed E-state index contributed by atoms with van der Waals surface area (Å²) in [6, 6.07) is 25.6. The molecule has 0 aliphatic carbocycles. The highest BCUT2D eigenvalue weighted by molar-refractivity contribution is 14.1. The molecule has 0 unspecified atom stereocenters. The minimum Gasteiger partial charge on any atom is -0.487 e. The van der Waals surface area contributed by atoms with E-state index in [1.54, 1.807) is 19.1 Å². The van der Waals surface area contributed by atoms with Crippen LogP contribution < -0.4 is 19.6 Å². The zero-order valence-corrected chi connectivity index (χ0v) is 30.1. The molecule has 0 radical (unpaired) electrons. The molecule has 1 aromatic heterocycles. The summed E-state index contributed by atoms with van der Waals surface area (Å²) in [6.45, 7) is 2.22. The molecule has 232 valence electrons. The van der Waals surface area contributed by atoms with Crippen LogP contribution in [0.4, 0.5) is 4.39 Å². The molecule has 1 aliphatic heterocycles. The molecule has 0 fully saturated rings. The first-order valence-electron chi connectivity index (χ1n) is 14.1. The second kappa shape index (κ2) is 14.2. The number of carbonyl (C=O) groups excluding carboxylic acids is 1. The summed E-state index contributed by atoms with van der Waals surface area (Å²) in [7, 11) is 0. The maximum Gasteiger partial charge on any atom is 0.338 e. The lowest BCUT2D eigenvalue weighted by Crippen LogP contribution is -2.40. The number of ether oxygens (including phenoxy) is 2. The molecule has 0 bridgehead atoms. The van der Waals surface area contributed by atoms with E-state index in [-0.39, 0.29) is 17.7 Å². The van der Waals surface area contributed by atoms with Crippen molar-refractivity contribution >= 4 is 85.9 Å². The largest absolute Gasteiger partial charge is 0.487 e. The van der Waals surface area contributed by atoms with Crippen LogP contribution in [-0.2, 0) is 16.1 Å². The van der Waals surface area contributed by atoms with Crippen molar-refractivity contribution in [3.63, 3.8) is 0 Å². The van der Waals surface area contributed by atoms with Gasteiger partial charge in [0.2, 0.25) is 0 Å². The quantitative estimate of drug-likeness (QED) is 0.120. The Morgan fingerprint density at radius 3 is 2.41 bits per heavy atom. The average molecular weight is 877 g/mol. The smallest absolute Gasteiger partial charge is 0.338 e. The molecule has 1 aliphatic rings. The van der Waals surface area contributed by atoms with Crippen LogP contribution in [0.15, 0.2) is 106 Å². The number of nitrogens with zero attached hydrogens (tertiary/aromatic N) is 2. The third-order valence-electron chi connectivity index (χ3n) is 7.15. The normalized spacial score (nSPS) is 14.5. The minimum absolute atomic E-state index is 0.140. The van der Waals surface area contributed by atoms with Crippen molar-refractivity contribution in [2.24, 2.45) is 4.99 Å². The molecule has 46 heavy (non-hydrogen) atoms. The summed E-state index contributed by atoms with van der Waals surface area (Å²) in [5.74, 6) is -0.279. The molecule has 0 N–H and O–H groups in total. The van der Waals surface area contributed by atoms with E-state index < -0.39 is 17.8 Å². The predicted octanol–water partition coefficient (Wildman–Crippen LogP) is 7.52. The van der Waals surface area contributed by atoms with Gasteiger partial charge >= 0.3 is 5.97 Å². The van der Waals surface area contributed by atoms with Crippen LogP contribution in [0.5, 0.6) is 5.75 Å². The number of thiazole rings is 1. The van der Waals surface area contributed by atoms with E-state index >= 15 is 0 Å². The van der Waals surface area contributed by atoms with Gasteiger partial charge in [-0.25, -0.2) is 14.2 Å². The molecule has 11 heteroatoms. The van der Waals surface area contributed by atoms with Crippen molar-refractivity contribution < 1.29 is 18.7 Å². The fraction of sp³-hybridized carbons (Fsp3) is 0.114. The van der Waals surface area contributed by atoms with Gasteiger partial charge in [0.25, 0.3) is 5.56 Å². The number of halogens is 4. The number of fused-ring (bicyclic) bond motifs is 1. The Hall–Kier alpha value is -3.33. The Morgan fingerprint density at radius 1 is 1.02 bits per heavy atom. The Kier molecular flexibility index (Phi) is 10.1. The van der Waals surface area contributed by atoms with Crippen LogP contribution in [0.1, 0.15) is 35.2 Å². The average Bonchev–Trinajstić information content (AvgIpc) is 3.35. The SMILES string of the molecule is CCOC(=O)C1=C(c2ccccc2)N=c2s/c(=C\c3cc(I)c(OCc4cccc(Cl)c4)c(I)c3)c(=O)n2[C@@H]1c1ccc(F)cc1. The first-order valence-corrected chi connectivity index (χ1v) is 17.5.